The number of rotatable bonds is 3. The minimum atomic E-state index is 0.00347. The summed E-state index contributed by atoms with van der Waals surface area (Å²) < 4.78 is 2.88. The Labute approximate surface area is 133 Å². The number of aryl methyl sites for hydroxylation is 2. The number of amides is 1. The standard InChI is InChI=1S/C16H20BrN3O/c1-3-13-14(16(21)18-12-6-4-5-7-12)20-9-11(17)8-10(2)15(20)19-13/h8-9,12H,3-7H2,1-2H3,(H,18,21). The monoisotopic (exact) mass is 349 g/mol. The molecule has 0 saturated heterocycles. The lowest BCUT2D eigenvalue weighted by Gasteiger charge is -2.12. The quantitative estimate of drug-likeness (QED) is 0.919. The molecule has 0 aromatic carbocycles. The van der Waals surface area contributed by atoms with Crippen LogP contribution < -0.4 is 5.32 Å². The summed E-state index contributed by atoms with van der Waals surface area (Å²) in [6, 6.07) is 2.35. The second-order valence-electron chi connectivity index (χ2n) is 5.75. The molecule has 1 aliphatic rings. The molecule has 1 fully saturated rings. The lowest BCUT2D eigenvalue weighted by Crippen LogP contribution is -2.34. The molecule has 4 nitrogen and oxygen atoms in total. The molecule has 21 heavy (non-hydrogen) atoms. The Morgan fingerprint density at radius 2 is 2.19 bits per heavy atom. The molecule has 0 spiro atoms. The number of hydrogen-bond acceptors (Lipinski definition) is 2. The van der Waals surface area contributed by atoms with E-state index in [9.17, 15) is 4.79 Å². The van der Waals surface area contributed by atoms with E-state index in [2.05, 4.69) is 26.2 Å². The van der Waals surface area contributed by atoms with E-state index >= 15 is 0 Å². The van der Waals surface area contributed by atoms with Crippen LogP contribution >= 0.6 is 15.9 Å². The van der Waals surface area contributed by atoms with Gasteiger partial charge in [0.05, 0.1) is 5.69 Å². The first-order chi connectivity index (χ1) is 10.1. The molecular weight excluding hydrogens is 330 g/mol. The molecule has 0 bridgehead atoms. The Hall–Kier alpha value is -1.36. The summed E-state index contributed by atoms with van der Waals surface area (Å²) in [5.41, 5.74) is 3.49. The third-order valence-corrected chi connectivity index (χ3v) is 4.62. The van der Waals surface area contributed by atoms with Crippen molar-refractivity contribution in [3.05, 3.63) is 33.7 Å². The van der Waals surface area contributed by atoms with Crippen molar-refractivity contribution in [1.29, 1.82) is 0 Å². The molecule has 1 N–H and O–H groups in total. The highest BCUT2D eigenvalue weighted by atomic mass is 79.9. The number of fused-ring (bicyclic) bond motifs is 1. The van der Waals surface area contributed by atoms with E-state index in [0.29, 0.717) is 11.7 Å². The smallest absolute Gasteiger partial charge is 0.270 e. The lowest BCUT2D eigenvalue weighted by molar-refractivity contribution is 0.0931. The number of nitrogens with zero attached hydrogens (tertiary/aromatic N) is 2. The maximum Gasteiger partial charge on any atom is 0.270 e. The average Bonchev–Trinajstić information content (AvgIpc) is 3.05. The Morgan fingerprint density at radius 1 is 1.48 bits per heavy atom. The SMILES string of the molecule is CCc1nc2c(C)cc(Br)cn2c1C(=O)NC1CCCC1. The van der Waals surface area contributed by atoms with Gasteiger partial charge in [0.2, 0.25) is 0 Å². The minimum absolute atomic E-state index is 0.00347. The molecule has 1 aliphatic carbocycles. The number of pyridine rings is 1. The van der Waals surface area contributed by atoms with Crippen molar-refractivity contribution in [1.82, 2.24) is 14.7 Å². The van der Waals surface area contributed by atoms with Crippen LogP contribution in [0.5, 0.6) is 0 Å². The van der Waals surface area contributed by atoms with Gasteiger partial charge in [-0.15, -0.1) is 0 Å². The summed E-state index contributed by atoms with van der Waals surface area (Å²) in [6.45, 7) is 4.06. The summed E-state index contributed by atoms with van der Waals surface area (Å²) in [6.07, 6.45) is 7.29. The van der Waals surface area contributed by atoms with Gasteiger partial charge in [0.15, 0.2) is 0 Å². The van der Waals surface area contributed by atoms with Gasteiger partial charge < -0.3 is 5.32 Å². The lowest BCUT2D eigenvalue weighted by atomic mass is 10.2. The first-order valence-electron chi connectivity index (χ1n) is 7.58. The fraction of sp³-hybridized carbons (Fsp3) is 0.500. The van der Waals surface area contributed by atoms with Crippen molar-refractivity contribution in [3.8, 4) is 0 Å². The van der Waals surface area contributed by atoms with Gasteiger partial charge in [-0.3, -0.25) is 9.20 Å². The summed E-state index contributed by atoms with van der Waals surface area (Å²) in [5, 5.41) is 3.17. The maximum absolute atomic E-state index is 12.7. The molecule has 0 radical (unpaired) electrons. The van der Waals surface area contributed by atoms with Crippen LogP contribution in [-0.2, 0) is 6.42 Å². The normalized spacial score (nSPS) is 15.8. The molecule has 112 valence electrons. The number of carbonyl (C=O) groups excluding carboxylic acids is 1. The van der Waals surface area contributed by atoms with Gasteiger partial charge in [-0.2, -0.15) is 0 Å². The van der Waals surface area contributed by atoms with E-state index in [1.807, 2.05) is 30.5 Å². The van der Waals surface area contributed by atoms with Crippen LogP contribution in [0.1, 0.15) is 54.4 Å². The maximum atomic E-state index is 12.7. The van der Waals surface area contributed by atoms with Gasteiger partial charge in [0.25, 0.3) is 5.91 Å². The van der Waals surface area contributed by atoms with E-state index in [0.717, 1.165) is 40.6 Å². The first-order valence-corrected chi connectivity index (χ1v) is 8.37. The molecule has 2 heterocycles. The molecule has 0 unspecified atom stereocenters. The van der Waals surface area contributed by atoms with E-state index in [-0.39, 0.29) is 5.91 Å². The highest BCUT2D eigenvalue weighted by Gasteiger charge is 2.23. The van der Waals surface area contributed by atoms with Crippen molar-refractivity contribution in [2.45, 2.75) is 52.0 Å². The summed E-state index contributed by atoms with van der Waals surface area (Å²) >= 11 is 3.51. The van der Waals surface area contributed by atoms with Crippen molar-refractivity contribution in [2.24, 2.45) is 0 Å². The Morgan fingerprint density at radius 3 is 2.86 bits per heavy atom. The molecule has 1 amide bonds. The first kappa shape index (κ1) is 14.6. The van der Waals surface area contributed by atoms with Crippen LogP contribution in [-0.4, -0.2) is 21.3 Å². The minimum Gasteiger partial charge on any atom is -0.348 e. The Kier molecular flexibility index (Phi) is 4.02. The second-order valence-corrected chi connectivity index (χ2v) is 6.67. The van der Waals surface area contributed by atoms with Crippen LogP contribution in [0.2, 0.25) is 0 Å². The van der Waals surface area contributed by atoms with Gasteiger partial charge >= 0.3 is 0 Å². The number of imidazole rings is 1. The van der Waals surface area contributed by atoms with Crippen LogP contribution in [0, 0.1) is 6.92 Å². The van der Waals surface area contributed by atoms with Crippen LogP contribution in [0.4, 0.5) is 0 Å². The number of halogens is 1. The molecule has 0 aliphatic heterocycles. The largest absolute Gasteiger partial charge is 0.348 e. The number of carbonyl (C=O) groups is 1. The van der Waals surface area contributed by atoms with Crippen molar-refractivity contribution < 1.29 is 4.79 Å². The summed E-state index contributed by atoms with van der Waals surface area (Å²) in [5.74, 6) is 0.00347. The van der Waals surface area contributed by atoms with Crippen LogP contribution in [0.25, 0.3) is 5.65 Å². The fourth-order valence-corrected chi connectivity index (χ4v) is 3.67. The molecule has 2 aromatic heterocycles. The van der Waals surface area contributed by atoms with Gasteiger partial charge in [-0.25, -0.2) is 4.98 Å². The highest BCUT2D eigenvalue weighted by Crippen LogP contribution is 2.23. The van der Waals surface area contributed by atoms with Crippen LogP contribution in [0.3, 0.4) is 0 Å². The van der Waals surface area contributed by atoms with E-state index in [1.54, 1.807) is 0 Å². The second kappa shape index (κ2) is 5.79. The number of aromatic nitrogens is 2. The molecule has 5 heteroatoms. The average molecular weight is 350 g/mol. The van der Waals surface area contributed by atoms with Crippen molar-refractivity contribution >= 4 is 27.5 Å². The zero-order chi connectivity index (χ0) is 15.0. The molecule has 2 aromatic rings. The summed E-state index contributed by atoms with van der Waals surface area (Å²) in [7, 11) is 0. The van der Waals surface area contributed by atoms with Crippen molar-refractivity contribution in [2.75, 3.05) is 0 Å². The summed E-state index contributed by atoms with van der Waals surface area (Å²) in [4.78, 5) is 17.3. The van der Waals surface area contributed by atoms with E-state index in [4.69, 9.17) is 0 Å². The van der Waals surface area contributed by atoms with Crippen molar-refractivity contribution in [3.63, 3.8) is 0 Å². The van der Waals surface area contributed by atoms with E-state index < -0.39 is 0 Å². The third kappa shape index (κ3) is 2.71. The van der Waals surface area contributed by atoms with Crippen LogP contribution in [0.15, 0.2) is 16.7 Å². The number of hydrogen-bond donors (Lipinski definition) is 1. The highest BCUT2D eigenvalue weighted by molar-refractivity contribution is 9.10. The van der Waals surface area contributed by atoms with Gasteiger partial charge in [0, 0.05) is 16.7 Å². The predicted octanol–water partition coefficient (Wildman–Crippen LogP) is 3.64. The molecular formula is C16H20BrN3O. The zero-order valence-corrected chi connectivity index (χ0v) is 14.0. The topological polar surface area (TPSA) is 46.4 Å². The van der Waals surface area contributed by atoms with Gasteiger partial charge in [-0.1, -0.05) is 19.8 Å². The molecule has 0 atom stereocenters. The fourth-order valence-electron chi connectivity index (χ4n) is 3.13. The zero-order valence-electron chi connectivity index (χ0n) is 12.4. The Bertz CT molecular complexity index is 686. The predicted molar refractivity (Wildman–Crippen MR) is 86.7 cm³/mol. The Balaban J connectivity index is 2.04. The molecule has 1 saturated carbocycles. The third-order valence-electron chi connectivity index (χ3n) is 4.18. The van der Waals surface area contributed by atoms with Gasteiger partial charge in [-0.05, 0) is 53.7 Å². The van der Waals surface area contributed by atoms with Gasteiger partial charge in [0.1, 0.15) is 11.3 Å². The number of nitrogens with one attached hydrogen (secondary N) is 1. The van der Waals surface area contributed by atoms with E-state index in [1.165, 1.54) is 12.8 Å². The molecule has 3 rings (SSSR count).